The van der Waals surface area contributed by atoms with E-state index in [4.69, 9.17) is 11.6 Å². The van der Waals surface area contributed by atoms with E-state index in [1.807, 2.05) is 60.4 Å². The van der Waals surface area contributed by atoms with Gasteiger partial charge >= 0.3 is 0 Å². The lowest BCUT2D eigenvalue weighted by molar-refractivity contribution is 0.0740. The van der Waals surface area contributed by atoms with Crippen molar-refractivity contribution < 1.29 is 4.79 Å². The first-order chi connectivity index (χ1) is 13.1. The first kappa shape index (κ1) is 17.5. The third kappa shape index (κ3) is 3.66. The topological polar surface area (TPSA) is 54.3 Å². The summed E-state index contributed by atoms with van der Waals surface area (Å²) in [6.07, 6.45) is 1.79. The van der Waals surface area contributed by atoms with Crippen LogP contribution in [0.5, 0.6) is 0 Å². The van der Waals surface area contributed by atoms with Crippen molar-refractivity contribution in [3.63, 3.8) is 0 Å². The van der Waals surface area contributed by atoms with Crippen LogP contribution >= 0.6 is 11.6 Å². The summed E-state index contributed by atoms with van der Waals surface area (Å²) in [6.45, 7) is 4.76. The summed E-state index contributed by atoms with van der Waals surface area (Å²) in [5.74, 6) is 0.908. The molecule has 1 fully saturated rings. The molecule has 6 nitrogen and oxygen atoms in total. The summed E-state index contributed by atoms with van der Waals surface area (Å²) >= 11 is 6.08. The zero-order valence-electron chi connectivity index (χ0n) is 15.0. The number of aromatic nitrogens is 3. The summed E-state index contributed by atoms with van der Waals surface area (Å²) in [6, 6.07) is 15.1. The Morgan fingerprint density at radius 2 is 1.85 bits per heavy atom. The maximum Gasteiger partial charge on any atom is 0.274 e. The van der Waals surface area contributed by atoms with Crippen LogP contribution in [0.25, 0.3) is 5.69 Å². The second kappa shape index (κ2) is 7.40. The van der Waals surface area contributed by atoms with Gasteiger partial charge in [0, 0.05) is 43.1 Å². The van der Waals surface area contributed by atoms with Gasteiger partial charge in [-0.25, -0.2) is 9.67 Å². The van der Waals surface area contributed by atoms with Crippen molar-refractivity contribution in [2.75, 3.05) is 31.1 Å². The number of piperazine rings is 1. The van der Waals surface area contributed by atoms with Gasteiger partial charge in [0.1, 0.15) is 5.82 Å². The largest absolute Gasteiger partial charge is 0.353 e. The van der Waals surface area contributed by atoms with Crippen LogP contribution in [0.2, 0.25) is 5.02 Å². The van der Waals surface area contributed by atoms with E-state index in [2.05, 4.69) is 15.0 Å². The van der Waals surface area contributed by atoms with Gasteiger partial charge in [-0.15, -0.1) is 0 Å². The first-order valence-corrected chi connectivity index (χ1v) is 9.27. The van der Waals surface area contributed by atoms with E-state index in [0.29, 0.717) is 23.8 Å². The molecule has 2 aromatic heterocycles. The molecule has 1 aromatic carbocycles. The Kier molecular flexibility index (Phi) is 4.81. The van der Waals surface area contributed by atoms with Crippen molar-refractivity contribution >= 4 is 23.3 Å². The van der Waals surface area contributed by atoms with Crippen LogP contribution in [0.15, 0.2) is 54.7 Å². The van der Waals surface area contributed by atoms with Crippen molar-refractivity contribution in [2.24, 2.45) is 0 Å². The van der Waals surface area contributed by atoms with E-state index >= 15 is 0 Å². The lowest BCUT2D eigenvalue weighted by Gasteiger charge is -2.35. The molecule has 0 bridgehead atoms. The highest BCUT2D eigenvalue weighted by atomic mass is 35.5. The molecular weight excluding hydrogens is 362 g/mol. The fraction of sp³-hybridized carbons (Fsp3) is 0.250. The number of hydrogen-bond acceptors (Lipinski definition) is 4. The molecule has 7 heteroatoms. The fourth-order valence-electron chi connectivity index (χ4n) is 3.29. The molecule has 1 aliphatic heterocycles. The van der Waals surface area contributed by atoms with Crippen molar-refractivity contribution in [1.29, 1.82) is 0 Å². The minimum atomic E-state index is -0.0421. The van der Waals surface area contributed by atoms with Gasteiger partial charge in [-0.3, -0.25) is 4.79 Å². The Labute approximate surface area is 163 Å². The van der Waals surface area contributed by atoms with Crippen molar-refractivity contribution in [1.82, 2.24) is 19.7 Å². The summed E-state index contributed by atoms with van der Waals surface area (Å²) < 4.78 is 1.75. The Balaban J connectivity index is 1.47. The molecule has 0 atom stereocenters. The number of amides is 1. The average molecular weight is 382 g/mol. The number of rotatable bonds is 3. The summed E-state index contributed by atoms with van der Waals surface area (Å²) in [7, 11) is 0. The zero-order valence-corrected chi connectivity index (χ0v) is 15.8. The Bertz CT molecular complexity index is 948. The van der Waals surface area contributed by atoms with Gasteiger partial charge in [-0.2, -0.15) is 5.10 Å². The van der Waals surface area contributed by atoms with E-state index in [9.17, 15) is 4.79 Å². The molecular formula is C20H20ClN5O. The molecule has 3 heterocycles. The zero-order chi connectivity index (χ0) is 18.8. The molecule has 27 heavy (non-hydrogen) atoms. The summed E-state index contributed by atoms with van der Waals surface area (Å²) in [5, 5.41) is 5.15. The number of carbonyl (C=O) groups excluding carboxylic acids is 1. The standard InChI is InChI=1S/C20H20ClN5O/c1-15-13-18(23-26(15)17-6-4-5-16(21)14-17)20(27)25-11-9-24(10-12-25)19-7-2-3-8-22-19/h2-8,13-14H,9-12H2,1H3. The molecule has 0 N–H and O–H groups in total. The second-order valence-corrected chi connectivity index (χ2v) is 6.97. The second-order valence-electron chi connectivity index (χ2n) is 6.53. The fourth-order valence-corrected chi connectivity index (χ4v) is 3.47. The molecule has 0 aliphatic carbocycles. The van der Waals surface area contributed by atoms with Crippen molar-refractivity contribution in [2.45, 2.75) is 6.92 Å². The van der Waals surface area contributed by atoms with E-state index < -0.39 is 0 Å². The minimum Gasteiger partial charge on any atom is -0.353 e. The van der Waals surface area contributed by atoms with E-state index in [-0.39, 0.29) is 5.91 Å². The molecule has 4 rings (SSSR count). The Morgan fingerprint density at radius 3 is 2.56 bits per heavy atom. The quantitative estimate of drug-likeness (QED) is 0.699. The average Bonchev–Trinajstić information content (AvgIpc) is 3.10. The molecule has 138 valence electrons. The maximum absolute atomic E-state index is 12.9. The number of nitrogens with zero attached hydrogens (tertiary/aromatic N) is 5. The molecule has 1 aliphatic rings. The number of hydrogen-bond donors (Lipinski definition) is 0. The molecule has 0 spiro atoms. The van der Waals surface area contributed by atoms with Crippen LogP contribution in [0, 0.1) is 6.92 Å². The van der Waals surface area contributed by atoms with Gasteiger partial charge in [0.15, 0.2) is 5.69 Å². The molecule has 1 saturated heterocycles. The highest BCUT2D eigenvalue weighted by Crippen LogP contribution is 2.19. The third-order valence-electron chi connectivity index (χ3n) is 4.70. The van der Waals surface area contributed by atoms with Gasteiger partial charge in [0.2, 0.25) is 0 Å². The normalized spacial score (nSPS) is 14.4. The molecule has 0 unspecified atom stereocenters. The van der Waals surface area contributed by atoms with Crippen LogP contribution in [-0.4, -0.2) is 51.8 Å². The van der Waals surface area contributed by atoms with Gasteiger partial charge in [-0.1, -0.05) is 23.7 Å². The third-order valence-corrected chi connectivity index (χ3v) is 4.93. The first-order valence-electron chi connectivity index (χ1n) is 8.90. The van der Waals surface area contributed by atoms with Gasteiger partial charge in [0.05, 0.1) is 5.69 Å². The van der Waals surface area contributed by atoms with Crippen LogP contribution in [0.3, 0.4) is 0 Å². The van der Waals surface area contributed by atoms with Crippen molar-refractivity contribution in [3.05, 3.63) is 71.1 Å². The number of halogens is 1. The number of carbonyl (C=O) groups is 1. The van der Waals surface area contributed by atoms with Crippen LogP contribution in [-0.2, 0) is 0 Å². The summed E-state index contributed by atoms with van der Waals surface area (Å²) in [5.41, 5.74) is 2.20. The van der Waals surface area contributed by atoms with E-state index in [1.165, 1.54) is 0 Å². The monoisotopic (exact) mass is 381 g/mol. The van der Waals surface area contributed by atoms with Crippen LogP contribution < -0.4 is 4.90 Å². The van der Waals surface area contributed by atoms with Gasteiger partial charge in [0.25, 0.3) is 5.91 Å². The molecule has 3 aromatic rings. The van der Waals surface area contributed by atoms with Crippen LogP contribution in [0.4, 0.5) is 5.82 Å². The molecule has 0 saturated carbocycles. The highest BCUT2D eigenvalue weighted by Gasteiger charge is 2.25. The predicted molar refractivity (Wildman–Crippen MR) is 106 cm³/mol. The minimum absolute atomic E-state index is 0.0421. The predicted octanol–water partition coefficient (Wildman–Crippen LogP) is 3.19. The number of pyridine rings is 1. The summed E-state index contributed by atoms with van der Waals surface area (Å²) in [4.78, 5) is 21.3. The van der Waals surface area contributed by atoms with E-state index in [1.54, 1.807) is 10.9 Å². The Morgan fingerprint density at radius 1 is 1.04 bits per heavy atom. The van der Waals surface area contributed by atoms with Gasteiger partial charge < -0.3 is 9.80 Å². The van der Waals surface area contributed by atoms with Crippen molar-refractivity contribution in [3.8, 4) is 5.69 Å². The van der Waals surface area contributed by atoms with E-state index in [0.717, 1.165) is 30.3 Å². The lowest BCUT2D eigenvalue weighted by atomic mass is 10.2. The molecule has 0 radical (unpaired) electrons. The highest BCUT2D eigenvalue weighted by molar-refractivity contribution is 6.30. The smallest absolute Gasteiger partial charge is 0.274 e. The lowest BCUT2D eigenvalue weighted by Crippen LogP contribution is -2.49. The molecule has 1 amide bonds. The number of aryl methyl sites for hydroxylation is 1. The number of anilines is 1. The SMILES string of the molecule is Cc1cc(C(=O)N2CCN(c3ccccn3)CC2)nn1-c1cccc(Cl)c1. The number of benzene rings is 1. The Hall–Kier alpha value is -2.86. The van der Waals surface area contributed by atoms with Crippen LogP contribution in [0.1, 0.15) is 16.2 Å². The van der Waals surface area contributed by atoms with Gasteiger partial charge in [-0.05, 0) is 43.3 Å². The maximum atomic E-state index is 12.9.